The van der Waals surface area contributed by atoms with Crippen LogP contribution in [0, 0.1) is 6.92 Å². The van der Waals surface area contributed by atoms with Gasteiger partial charge in [-0.25, -0.2) is 0 Å². The van der Waals surface area contributed by atoms with Crippen LogP contribution < -0.4 is 0 Å². The minimum Gasteiger partial charge on any atom is -0.501 e. The summed E-state index contributed by atoms with van der Waals surface area (Å²) in [5, 5.41) is 0. The average Bonchev–Trinajstić information content (AvgIpc) is 1.69. The van der Waals surface area contributed by atoms with Crippen LogP contribution in [0.4, 0.5) is 0 Å². The molecule has 7 heavy (non-hydrogen) atoms. The van der Waals surface area contributed by atoms with Crippen molar-refractivity contribution in [2.45, 2.75) is 12.8 Å². The fourth-order valence-electron chi connectivity index (χ4n) is 0.618. The Hall–Kier alpha value is -0.460. The Morgan fingerprint density at radius 2 is 2.57 bits per heavy atom. The second kappa shape index (κ2) is 2.01. The van der Waals surface area contributed by atoms with E-state index in [1.54, 1.807) is 6.26 Å². The van der Waals surface area contributed by atoms with Crippen LogP contribution in [0.5, 0.6) is 0 Å². The molecule has 0 N–H and O–H groups in total. The molecule has 1 heteroatoms. The lowest BCUT2D eigenvalue weighted by molar-refractivity contribution is 0.227. The molecule has 0 saturated carbocycles. The van der Waals surface area contributed by atoms with E-state index in [4.69, 9.17) is 4.74 Å². The number of rotatable bonds is 0. The summed E-state index contributed by atoms with van der Waals surface area (Å²) in [6, 6.07) is 0. The molecule has 39 valence electrons. The van der Waals surface area contributed by atoms with Crippen molar-refractivity contribution in [3.05, 3.63) is 18.8 Å². The molecule has 1 radical (unpaired) electrons. The summed E-state index contributed by atoms with van der Waals surface area (Å²) in [6.45, 7) is 4.61. The Morgan fingerprint density at radius 1 is 1.71 bits per heavy atom. The molecule has 0 fully saturated rings. The largest absolute Gasteiger partial charge is 0.501 e. The van der Waals surface area contributed by atoms with Crippen molar-refractivity contribution < 1.29 is 4.74 Å². The third-order valence-corrected chi connectivity index (χ3v) is 1.01. The minimum absolute atomic E-state index is 0.874. The predicted molar refractivity (Wildman–Crippen MR) is 28.6 cm³/mol. The van der Waals surface area contributed by atoms with Crippen molar-refractivity contribution in [2.24, 2.45) is 0 Å². The summed E-state index contributed by atoms with van der Waals surface area (Å²) in [7, 11) is 0. The first-order valence-corrected chi connectivity index (χ1v) is 2.52. The number of hydrogen-bond acceptors (Lipinski definition) is 1. The Bertz CT molecular complexity index is 84.2. The van der Waals surface area contributed by atoms with Crippen LogP contribution in [0.15, 0.2) is 11.8 Å². The molecule has 1 aliphatic heterocycles. The molecule has 0 aliphatic carbocycles. The predicted octanol–water partition coefficient (Wildman–Crippen LogP) is 1.51. The monoisotopic (exact) mass is 97.1 g/mol. The normalized spacial score (nSPS) is 20.4. The van der Waals surface area contributed by atoms with Crippen molar-refractivity contribution in [2.75, 3.05) is 6.61 Å². The second-order valence-corrected chi connectivity index (χ2v) is 1.75. The topological polar surface area (TPSA) is 9.23 Å². The molecule has 1 nitrogen and oxygen atoms in total. The highest BCUT2D eigenvalue weighted by atomic mass is 16.5. The molecule has 0 aromatic rings. The molecule has 0 aromatic heterocycles. The Labute approximate surface area is 44.0 Å². The summed E-state index contributed by atoms with van der Waals surface area (Å²) in [5.74, 6) is 0. The van der Waals surface area contributed by atoms with Gasteiger partial charge in [0.25, 0.3) is 0 Å². The van der Waals surface area contributed by atoms with E-state index in [1.807, 2.05) is 0 Å². The third-order valence-electron chi connectivity index (χ3n) is 1.01. The molecule has 0 spiro atoms. The average molecular weight is 97.1 g/mol. The molecule has 0 amide bonds. The smallest absolute Gasteiger partial charge is 0.0876 e. The van der Waals surface area contributed by atoms with Crippen molar-refractivity contribution in [1.82, 2.24) is 0 Å². The number of allylic oxidation sites excluding steroid dienone is 1. The minimum atomic E-state index is 0.874. The molecule has 1 rings (SSSR count). The summed E-state index contributed by atoms with van der Waals surface area (Å²) in [5.41, 5.74) is 1.12. The van der Waals surface area contributed by atoms with Crippen LogP contribution in [0.3, 0.4) is 0 Å². The first-order valence-electron chi connectivity index (χ1n) is 2.52. The van der Waals surface area contributed by atoms with Gasteiger partial charge in [-0.15, -0.1) is 0 Å². The SMILES string of the molecule is [CH2]C1=COCCC1. The van der Waals surface area contributed by atoms with Crippen LogP contribution in [0.2, 0.25) is 0 Å². The lowest BCUT2D eigenvalue weighted by Crippen LogP contribution is -1.95. The van der Waals surface area contributed by atoms with Crippen molar-refractivity contribution >= 4 is 0 Å². The van der Waals surface area contributed by atoms with Gasteiger partial charge in [0.05, 0.1) is 12.9 Å². The highest BCUT2D eigenvalue weighted by Crippen LogP contribution is 2.08. The molecule has 1 heterocycles. The van der Waals surface area contributed by atoms with Crippen molar-refractivity contribution in [3.63, 3.8) is 0 Å². The summed E-state index contributed by atoms with van der Waals surface area (Å²) in [6.07, 6.45) is 3.98. The van der Waals surface area contributed by atoms with Gasteiger partial charge >= 0.3 is 0 Å². The third kappa shape index (κ3) is 1.22. The zero-order valence-corrected chi connectivity index (χ0v) is 4.31. The quantitative estimate of drug-likeness (QED) is 0.445. The van der Waals surface area contributed by atoms with Crippen LogP contribution in [0.1, 0.15) is 12.8 Å². The highest BCUT2D eigenvalue weighted by Gasteiger charge is 1.95. The van der Waals surface area contributed by atoms with E-state index in [0.717, 1.165) is 25.0 Å². The van der Waals surface area contributed by atoms with E-state index in [-0.39, 0.29) is 0 Å². The van der Waals surface area contributed by atoms with E-state index in [9.17, 15) is 0 Å². The summed E-state index contributed by atoms with van der Waals surface area (Å²) < 4.78 is 4.96. The van der Waals surface area contributed by atoms with Crippen LogP contribution in [0.25, 0.3) is 0 Å². The fraction of sp³-hybridized carbons (Fsp3) is 0.500. The second-order valence-electron chi connectivity index (χ2n) is 1.75. The maximum absolute atomic E-state index is 4.96. The Morgan fingerprint density at radius 3 is 2.86 bits per heavy atom. The van der Waals surface area contributed by atoms with Crippen molar-refractivity contribution in [1.29, 1.82) is 0 Å². The van der Waals surface area contributed by atoms with Crippen LogP contribution >= 0.6 is 0 Å². The molecule has 0 unspecified atom stereocenters. The molecule has 0 atom stereocenters. The van der Waals surface area contributed by atoms with Gasteiger partial charge in [-0.1, -0.05) is 0 Å². The molecule has 0 aromatic carbocycles. The van der Waals surface area contributed by atoms with Gasteiger partial charge in [-0.05, 0) is 25.3 Å². The van der Waals surface area contributed by atoms with Gasteiger partial charge in [-0.2, -0.15) is 0 Å². The molecular weight excluding hydrogens is 88.1 g/mol. The fourth-order valence-corrected chi connectivity index (χ4v) is 0.618. The molecule has 1 aliphatic rings. The van der Waals surface area contributed by atoms with Crippen LogP contribution in [-0.2, 0) is 4.74 Å². The van der Waals surface area contributed by atoms with Gasteiger partial charge < -0.3 is 4.74 Å². The maximum atomic E-state index is 4.96. The van der Waals surface area contributed by atoms with Gasteiger partial charge in [0.2, 0.25) is 0 Å². The Balaban J connectivity index is 2.40. The van der Waals surface area contributed by atoms with Gasteiger partial charge in [-0.3, -0.25) is 0 Å². The van der Waals surface area contributed by atoms with Crippen molar-refractivity contribution in [3.8, 4) is 0 Å². The van der Waals surface area contributed by atoms with Crippen LogP contribution in [-0.4, -0.2) is 6.61 Å². The standard InChI is InChI=1S/C6H9O/c1-6-3-2-4-7-5-6/h5H,1-4H2. The molecular formula is C6H9O. The molecule has 0 saturated heterocycles. The lowest BCUT2D eigenvalue weighted by Gasteiger charge is -2.07. The van der Waals surface area contributed by atoms with E-state index in [2.05, 4.69) is 6.92 Å². The Kier molecular flexibility index (Phi) is 1.35. The first kappa shape index (κ1) is 4.69. The van der Waals surface area contributed by atoms with E-state index in [0.29, 0.717) is 0 Å². The van der Waals surface area contributed by atoms with E-state index >= 15 is 0 Å². The van der Waals surface area contributed by atoms with Gasteiger partial charge in [0.1, 0.15) is 0 Å². The summed E-state index contributed by atoms with van der Waals surface area (Å²) in [4.78, 5) is 0. The van der Waals surface area contributed by atoms with E-state index < -0.39 is 0 Å². The van der Waals surface area contributed by atoms with E-state index in [1.165, 1.54) is 0 Å². The van der Waals surface area contributed by atoms with Gasteiger partial charge in [0, 0.05) is 0 Å². The van der Waals surface area contributed by atoms with Gasteiger partial charge in [0.15, 0.2) is 0 Å². The summed E-state index contributed by atoms with van der Waals surface area (Å²) >= 11 is 0. The zero-order valence-electron chi connectivity index (χ0n) is 4.31. The zero-order chi connectivity index (χ0) is 5.11. The number of hydrogen-bond donors (Lipinski definition) is 0. The lowest BCUT2D eigenvalue weighted by atomic mass is 10.2. The number of ether oxygens (including phenoxy) is 1. The molecule has 0 bridgehead atoms. The highest BCUT2D eigenvalue weighted by molar-refractivity contribution is 5.02. The first-order chi connectivity index (χ1) is 3.39. The maximum Gasteiger partial charge on any atom is 0.0876 e.